The number of aryl methyl sites for hydroxylation is 1. The summed E-state index contributed by atoms with van der Waals surface area (Å²) in [5.74, 6) is 0. The third-order valence-electron chi connectivity index (χ3n) is 5.20. The number of carbonyl (C=O) groups is 1. The average molecular weight is 324 g/mol. The highest BCUT2D eigenvalue weighted by atomic mass is 32.1. The van der Waals surface area contributed by atoms with Crippen LogP contribution in [0.1, 0.15) is 44.3 Å². The predicted octanol–water partition coefficient (Wildman–Crippen LogP) is 3.82. The molecule has 1 aromatic heterocycles. The third kappa shape index (κ3) is 2.56. The van der Waals surface area contributed by atoms with E-state index >= 15 is 0 Å². The van der Waals surface area contributed by atoms with Crippen LogP contribution in [0.5, 0.6) is 0 Å². The molecule has 2 aliphatic rings. The van der Waals surface area contributed by atoms with Gasteiger partial charge in [-0.2, -0.15) is 0 Å². The normalized spacial score (nSPS) is 19.2. The molecule has 2 aromatic rings. The van der Waals surface area contributed by atoms with Gasteiger partial charge in [-0.1, -0.05) is 36.4 Å². The maximum Gasteiger partial charge on any atom is 0.178 e. The van der Waals surface area contributed by atoms with Crippen molar-refractivity contribution in [3.05, 3.63) is 57.0 Å². The van der Waals surface area contributed by atoms with E-state index in [2.05, 4.69) is 46.3 Å². The zero-order valence-electron chi connectivity index (χ0n) is 13.3. The smallest absolute Gasteiger partial charge is 0.178 e. The monoisotopic (exact) mass is 324 g/mol. The maximum absolute atomic E-state index is 10.9. The molecule has 1 spiro atoms. The summed E-state index contributed by atoms with van der Waals surface area (Å²) in [6, 6.07) is 8.78. The number of nitrogens with zero attached hydrogens (tertiary/aromatic N) is 2. The van der Waals surface area contributed by atoms with Gasteiger partial charge in [-0.25, -0.2) is 4.98 Å². The molecule has 0 amide bonds. The van der Waals surface area contributed by atoms with Crippen LogP contribution in [-0.2, 0) is 12.0 Å². The summed E-state index contributed by atoms with van der Waals surface area (Å²) < 4.78 is 0. The van der Waals surface area contributed by atoms with Crippen LogP contribution in [0.2, 0.25) is 0 Å². The first-order valence-electron chi connectivity index (χ1n) is 8.13. The Morgan fingerprint density at radius 3 is 2.83 bits per heavy atom. The fourth-order valence-corrected chi connectivity index (χ4v) is 4.76. The number of fused-ring (bicyclic) bond motifs is 2. The predicted molar refractivity (Wildman–Crippen MR) is 93.9 cm³/mol. The molecule has 1 saturated heterocycles. The van der Waals surface area contributed by atoms with E-state index in [0.29, 0.717) is 5.01 Å². The molecule has 1 aromatic carbocycles. The highest BCUT2D eigenvalue weighted by Crippen LogP contribution is 2.43. The Labute approximate surface area is 140 Å². The van der Waals surface area contributed by atoms with Crippen LogP contribution in [0.25, 0.3) is 6.08 Å². The van der Waals surface area contributed by atoms with Crippen LogP contribution in [0, 0.1) is 6.92 Å². The minimum atomic E-state index is 0.240. The highest BCUT2D eigenvalue weighted by molar-refractivity contribution is 7.13. The van der Waals surface area contributed by atoms with Gasteiger partial charge in [-0.15, -0.1) is 11.3 Å². The van der Waals surface area contributed by atoms with Crippen molar-refractivity contribution >= 4 is 23.7 Å². The Bertz CT molecular complexity index is 769. The fraction of sp³-hybridized carbons (Fsp3) is 0.368. The second-order valence-electron chi connectivity index (χ2n) is 6.53. The average Bonchev–Trinajstić information content (AvgIpc) is 3.12. The zero-order valence-corrected chi connectivity index (χ0v) is 14.1. The molecule has 23 heavy (non-hydrogen) atoms. The molecule has 0 bridgehead atoms. The number of likely N-dealkylation sites (tertiary alicyclic amines) is 1. The molecule has 2 heterocycles. The van der Waals surface area contributed by atoms with Crippen LogP contribution in [-0.4, -0.2) is 29.3 Å². The number of carbonyl (C=O) groups excluding carboxylic acids is 1. The van der Waals surface area contributed by atoms with E-state index in [1.807, 2.05) is 6.92 Å². The van der Waals surface area contributed by atoms with Gasteiger partial charge in [0.05, 0.1) is 5.69 Å². The Hall–Kier alpha value is -1.78. The number of piperidine rings is 1. The van der Waals surface area contributed by atoms with Gasteiger partial charge in [-0.3, -0.25) is 9.69 Å². The van der Waals surface area contributed by atoms with Crippen molar-refractivity contribution < 1.29 is 4.79 Å². The molecule has 4 heteroatoms. The van der Waals surface area contributed by atoms with Crippen molar-refractivity contribution in [3.8, 4) is 0 Å². The van der Waals surface area contributed by atoms with Crippen LogP contribution < -0.4 is 0 Å². The topological polar surface area (TPSA) is 33.2 Å². The molecule has 3 nitrogen and oxygen atoms in total. The van der Waals surface area contributed by atoms with E-state index in [-0.39, 0.29) is 5.41 Å². The van der Waals surface area contributed by atoms with Gasteiger partial charge in [-0.05, 0) is 44.0 Å². The second-order valence-corrected chi connectivity index (χ2v) is 7.65. The maximum atomic E-state index is 10.9. The number of aromatic nitrogens is 1. The Kier molecular flexibility index (Phi) is 3.66. The number of hydrogen-bond acceptors (Lipinski definition) is 4. The number of allylic oxidation sites excluding steroid dienone is 1. The molecule has 0 radical (unpaired) electrons. The molecule has 118 valence electrons. The van der Waals surface area contributed by atoms with Gasteiger partial charge in [0.15, 0.2) is 11.3 Å². The Morgan fingerprint density at radius 1 is 1.30 bits per heavy atom. The van der Waals surface area contributed by atoms with E-state index in [1.54, 1.807) is 0 Å². The lowest BCUT2D eigenvalue weighted by Gasteiger charge is -2.39. The van der Waals surface area contributed by atoms with Crippen LogP contribution >= 0.6 is 11.3 Å². The Balaban J connectivity index is 1.47. The van der Waals surface area contributed by atoms with E-state index in [1.165, 1.54) is 40.2 Å². The van der Waals surface area contributed by atoms with Gasteiger partial charge in [0.2, 0.25) is 0 Å². The van der Waals surface area contributed by atoms with Crippen molar-refractivity contribution in [2.45, 2.75) is 31.7 Å². The second kappa shape index (κ2) is 5.69. The van der Waals surface area contributed by atoms with E-state index in [9.17, 15) is 4.79 Å². The molecular weight excluding hydrogens is 304 g/mol. The largest absolute Gasteiger partial charge is 0.298 e. The quantitative estimate of drug-likeness (QED) is 0.805. The summed E-state index contributed by atoms with van der Waals surface area (Å²) in [6.07, 6.45) is 7.89. The zero-order chi connectivity index (χ0) is 15.9. The fourth-order valence-electron chi connectivity index (χ4n) is 3.83. The molecule has 0 atom stereocenters. The first kappa shape index (κ1) is 14.8. The summed E-state index contributed by atoms with van der Waals surface area (Å²) in [6.45, 7) is 5.10. The van der Waals surface area contributed by atoms with Gasteiger partial charge in [0, 0.05) is 16.8 Å². The lowest BCUT2D eigenvalue weighted by molar-refractivity contribution is 0.112. The van der Waals surface area contributed by atoms with Gasteiger partial charge in [0.25, 0.3) is 0 Å². The molecule has 1 aliphatic heterocycles. The molecule has 1 aliphatic carbocycles. The molecular formula is C19H20N2OS. The summed E-state index contributed by atoms with van der Waals surface area (Å²) in [5, 5.41) is 0.596. The summed E-state index contributed by atoms with van der Waals surface area (Å²) in [7, 11) is 0. The first-order chi connectivity index (χ1) is 11.2. The molecule has 0 saturated carbocycles. The van der Waals surface area contributed by atoms with Gasteiger partial charge < -0.3 is 0 Å². The SMILES string of the molecule is Cc1nc(C=O)sc1CN1CCC2(C=Cc3ccccc32)CC1. The van der Waals surface area contributed by atoms with Crippen molar-refractivity contribution in [2.24, 2.45) is 0 Å². The molecule has 0 unspecified atom stereocenters. The lowest BCUT2D eigenvalue weighted by atomic mass is 9.74. The number of aldehydes is 1. The summed E-state index contributed by atoms with van der Waals surface area (Å²) >= 11 is 1.53. The third-order valence-corrected chi connectivity index (χ3v) is 6.27. The molecule has 0 N–H and O–H groups in total. The van der Waals surface area contributed by atoms with Crippen molar-refractivity contribution in [3.63, 3.8) is 0 Å². The van der Waals surface area contributed by atoms with Gasteiger partial charge in [0.1, 0.15) is 0 Å². The number of thiazole rings is 1. The van der Waals surface area contributed by atoms with Crippen molar-refractivity contribution in [1.82, 2.24) is 9.88 Å². The Morgan fingerprint density at radius 2 is 2.09 bits per heavy atom. The number of hydrogen-bond donors (Lipinski definition) is 0. The summed E-state index contributed by atoms with van der Waals surface area (Å²) in [4.78, 5) is 18.9. The minimum absolute atomic E-state index is 0.240. The highest BCUT2D eigenvalue weighted by Gasteiger charge is 2.37. The number of benzene rings is 1. The van der Waals surface area contributed by atoms with Crippen LogP contribution in [0.4, 0.5) is 0 Å². The molecule has 4 rings (SSSR count). The van der Waals surface area contributed by atoms with Gasteiger partial charge >= 0.3 is 0 Å². The standard InChI is InChI=1S/C19H20N2OS/c1-14-17(23-18(13-22)20-14)12-21-10-8-19(9-11-21)7-6-15-4-2-3-5-16(15)19/h2-7,13H,8-12H2,1H3. The molecule has 1 fully saturated rings. The minimum Gasteiger partial charge on any atom is -0.298 e. The van der Waals surface area contributed by atoms with Crippen molar-refractivity contribution in [1.29, 1.82) is 0 Å². The summed E-state index contributed by atoms with van der Waals surface area (Å²) in [5.41, 5.74) is 4.12. The van der Waals surface area contributed by atoms with E-state index in [0.717, 1.165) is 31.6 Å². The van der Waals surface area contributed by atoms with E-state index in [4.69, 9.17) is 0 Å². The van der Waals surface area contributed by atoms with Crippen molar-refractivity contribution in [2.75, 3.05) is 13.1 Å². The van der Waals surface area contributed by atoms with Crippen LogP contribution in [0.15, 0.2) is 30.3 Å². The lowest BCUT2D eigenvalue weighted by Crippen LogP contribution is -2.40. The van der Waals surface area contributed by atoms with Crippen LogP contribution in [0.3, 0.4) is 0 Å². The van der Waals surface area contributed by atoms with E-state index < -0.39 is 0 Å². The number of rotatable bonds is 3. The first-order valence-corrected chi connectivity index (χ1v) is 8.94.